The summed E-state index contributed by atoms with van der Waals surface area (Å²) in [5.41, 5.74) is 1.24. The van der Waals surface area contributed by atoms with Gasteiger partial charge in [-0.15, -0.1) is 0 Å². The number of carboxylic acid groups (broad SMARTS) is 1. The number of benzene rings is 1. The van der Waals surface area contributed by atoms with Crippen LogP contribution in [-0.2, 0) is 4.79 Å². The van der Waals surface area contributed by atoms with Crippen molar-refractivity contribution < 1.29 is 19.4 Å². The van der Waals surface area contributed by atoms with Gasteiger partial charge in [0, 0.05) is 0 Å². The van der Waals surface area contributed by atoms with Gasteiger partial charge in [-0.05, 0) is 31.5 Å². The highest BCUT2D eigenvalue weighted by Gasteiger charge is 2.22. The summed E-state index contributed by atoms with van der Waals surface area (Å²) in [4.78, 5) is 19.4. The molecule has 0 aliphatic heterocycles. The molecule has 0 aliphatic carbocycles. The van der Waals surface area contributed by atoms with Crippen LogP contribution in [0, 0.1) is 6.92 Å². The first kappa shape index (κ1) is 15.5. The van der Waals surface area contributed by atoms with Crippen molar-refractivity contribution >= 4 is 11.5 Å². The number of methoxy groups -OCH3 is 1. The van der Waals surface area contributed by atoms with Crippen LogP contribution in [0.5, 0.6) is 17.5 Å². The topological polar surface area (TPSA) is 81.5 Å². The van der Waals surface area contributed by atoms with E-state index >= 15 is 0 Å². The fourth-order valence-corrected chi connectivity index (χ4v) is 1.98. The Hall–Kier alpha value is -2.89. The molecule has 22 heavy (non-hydrogen) atoms. The molecule has 1 N–H and O–H groups in total. The third-order valence-corrected chi connectivity index (χ3v) is 2.96. The second-order valence-corrected chi connectivity index (χ2v) is 4.49. The molecule has 6 nitrogen and oxygen atoms in total. The van der Waals surface area contributed by atoms with Crippen LogP contribution in [0.1, 0.15) is 18.1 Å². The van der Waals surface area contributed by atoms with E-state index < -0.39 is 5.97 Å². The van der Waals surface area contributed by atoms with Crippen LogP contribution in [0.25, 0.3) is 5.57 Å². The van der Waals surface area contributed by atoms with Crippen LogP contribution in [0.4, 0.5) is 0 Å². The number of hydrogen-bond donors (Lipinski definition) is 1. The fourth-order valence-electron chi connectivity index (χ4n) is 1.98. The molecule has 1 aromatic carbocycles. The summed E-state index contributed by atoms with van der Waals surface area (Å²) < 4.78 is 10.9. The minimum atomic E-state index is -1.11. The summed E-state index contributed by atoms with van der Waals surface area (Å²) in [6, 6.07) is 7.37. The number of carbonyl (C=O) groups is 1. The summed E-state index contributed by atoms with van der Waals surface area (Å²) >= 11 is 0. The number of hydrogen-bond acceptors (Lipinski definition) is 5. The van der Waals surface area contributed by atoms with Gasteiger partial charge < -0.3 is 14.6 Å². The Morgan fingerprint density at radius 2 is 2.00 bits per heavy atom. The number of carboxylic acids is 1. The van der Waals surface area contributed by atoms with Crippen LogP contribution in [0.15, 0.2) is 36.7 Å². The second-order valence-electron chi connectivity index (χ2n) is 4.49. The average Bonchev–Trinajstić information content (AvgIpc) is 2.49. The zero-order chi connectivity index (χ0) is 16.1. The first-order valence-corrected chi connectivity index (χ1v) is 6.60. The van der Waals surface area contributed by atoms with Gasteiger partial charge in [0.2, 0.25) is 11.8 Å². The molecule has 0 atom stereocenters. The van der Waals surface area contributed by atoms with E-state index in [2.05, 4.69) is 9.97 Å². The number of aliphatic carboxylic acids is 1. The molecule has 0 saturated heterocycles. The third kappa shape index (κ3) is 3.22. The SMILES string of the molecule is CC=C(C(=O)O)c1c(OC)ncnc1Oc1cccc(C)c1. The lowest BCUT2D eigenvalue weighted by molar-refractivity contribution is -0.130. The predicted octanol–water partition coefficient (Wildman–Crippen LogP) is 3.07. The first-order chi connectivity index (χ1) is 10.6. The molecule has 1 aromatic heterocycles. The molecule has 0 bridgehead atoms. The standard InChI is InChI=1S/C16H16N2O4/c1-4-12(16(19)20)13-14(21-3)17-9-18-15(13)22-11-7-5-6-10(2)8-11/h4-9H,1-3H3,(H,19,20). The monoisotopic (exact) mass is 300 g/mol. The molecule has 0 fully saturated rings. The molecule has 0 radical (unpaired) electrons. The van der Waals surface area contributed by atoms with Crippen molar-refractivity contribution in [1.82, 2.24) is 9.97 Å². The van der Waals surface area contributed by atoms with Gasteiger partial charge in [0.15, 0.2) is 0 Å². The zero-order valence-corrected chi connectivity index (χ0v) is 12.5. The van der Waals surface area contributed by atoms with Crippen molar-refractivity contribution in [2.75, 3.05) is 7.11 Å². The molecule has 0 spiro atoms. The summed E-state index contributed by atoms with van der Waals surface area (Å²) in [7, 11) is 1.41. The number of allylic oxidation sites excluding steroid dienone is 1. The van der Waals surface area contributed by atoms with Crippen LogP contribution >= 0.6 is 0 Å². The smallest absolute Gasteiger partial charge is 0.336 e. The summed E-state index contributed by atoms with van der Waals surface area (Å²) in [5, 5.41) is 9.35. The number of nitrogens with zero attached hydrogens (tertiary/aromatic N) is 2. The van der Waals surface area contributed by atoms with Gasteiger partial charge >= 0.3 is 5.97 Å². The van der Waals surface area contributed by atoms with Crippen molar-refractivity contribution in [2.45, 2.75) is 13.8 Å². The average molecular weight is 300 g/mol. The lowest BCUT2D eigenvalue weighted by Crippen LogP contribution is -2.06. The third-order valence-electron chi connectivity index (χ3n) is 2.96. The van der Waals surface area contributed by atoms with Crippen LogP contribution in [-0.4, -0.2) is 28.2 Å². The Morgan fingerprint density at radius 1 is 1.27 bits per heavy atom. The summed E-state index contributed by atoms with van der Waals surface area (Å²) in [6.45, 7) is 3.55. The number of ether oxygens (including phenoxy) is 2. The minimum absolute atomic E-state index is 0.0140. The Morgan fingerprint density at radius 3 is 2.59 bits per heavy atom. The lowest BCUT2D eigenvalue weighted by atomic mass is 10.1. The number of aryl methyl sites for hydroxylation is 1. The molecular weight excluding hydrogens is 284 g/mol. The van der Waals surface area contributed by atoms with E-state index in [9.17, 15) is 9.90 Å². The van der Waals surface area contributed by atoms with E-state index in [4.69, 9.17) is 9.47 Å². The van der Waals surface area contributed by atoms with E-state index in [0.29, 0.717) is 5.75 Å². The Bertz CT molecular complexity index is 726. The Balaban J connectivity index is 2.54. The summed E-state index contributed by atoms with van der Waals surface area (Å²) in [5.74, 6) is -0.270. The maximum Gasteiger partial charge on any atom is 0.336 e. The molecule has 0 saturated carbocycles. The Kier molecular flexibility index (Phi) is 4.73. The molecule has 2 rings (SSSR count). The van der Waals surface area contributed by atoms with Gasteiger partial charge in [0.05, 0.1) is 12.7 Å². The normalized spacial score (nSPS) is 11.1. The molecule has 1 heterocycles. The number of aromatic nitrogens is 2. The molecule has 0 amide bonds. The Labute approximate surface area is 128 Å². The zero-order valence-electron chi connectivity index (χ0n) is 12.5. The second kappa shape index (κ2) is 6.71. The highest BCUT2D eigenvalue weighted by atomic mass is 16.5. The van der Waals surface area contributed by atoms with Gasteiger partial charge in [-0.1, -0.05) is 18.2 Å². The molecule has 2 aromatic rings. The van der Waals surface area contributed by atoms with Crippen molar-refractivity contribution in [3.05, 3.63) is 47.8 Å². The highest BCUT2D eigenvalue weighted by Crippen LogP contribution is 2.34. The van der Waals surface area contributed by atoms with E-state index in [0.717, 1.165) is 5.56 Å². The first-order valence-electron chi connectivity index (χ1n) is 6.60. The van der Waals surface area contributed by atoms with Gasteiger partial charge in [0.1, 0.15) is 17.6 Å². The van der Waals surface area contributed by atoms with Gasteiger partial charge in [-0.2, -0.15) is 0 Å². The summed E-state index contributed by atoms with van der Waals surface area (Å²) in [6.07, 6.45) is 2.72. The van der Waals surface area contributed by atoms with Gasteiger partial charge in [0.25, 0.3) is 0 Å². The van der Waals surface area contributed by atoms with Crippen molar-refractivity contribution in [2.24, 2.45) is 0 Å². The predicted molar refractivity (Wildman–Crippen MR) is 81.1 cm³/mol. The van der Waals surface area contributed by atoms with E-state index in [-0.39, 0.29) is 22.9 Å². The molecular formula is C16H16N2O4. The molecule has 114 valence electrons. The van der Waals surface area contributed by atoms with Crippen LogP contribution in [0.3, 0.4) is 0 Å². The van der Waals surface area contributed by atoms with Gasteiger partial charge in [-0.3, -0.25) is 0 Å². The largest absolute Gasteiger partial charge is 0.480 e. The van der Waals surface area contributed by atoms with E-state index in [1.165, 1.54) is 19.5 Å². The van der Waals surface area contributed by atoms with E-state index in [1.54, 1.807) is 13.0 Å². The maximum atomic E-state index is 11.4. The van der Waals surface area contributed by atoms with Crippen LogP contribution < -0.4 is 9.47 Å². The van der Waals surface area contributed by atoms with Crippen LogP contribution in [0.2, 0.25) is 0 Å². The van der Waals surface area contributed by atoms with E-state index in [1.807, 2.05) is 25.1 Å². The quantitative estimate of drug-likeness (QED) is 0.855. The lowest BCUT2D eigenvalue weighted by Gasteiger charge is -2.13. The highest BCUT2D eigenvalue weighted by molar-refractivity contribution is 6.16. The maximum absolute atomic E-state index is 11.4. The molecule has 6 heteroatoms. The molecule has 0 aliphatic rings. The minimum Gasteiger partial charge on any atom is -0.480 e. The van der Waals surface area contributed by atoms with Crippen molar-refractivity contribution in [3.8, 4) is 17.5 Å². The van der Waals surface area contributed by atoms with Crippen molar-refractivity contribution in [1.29, 1.82) is 0 Å². The fraction of sp³-hybridized carbons (Fsp3) is 0.188. The molecule has 0 unspecified atom stereocenters. The number of rotatable bonds is 5. The van der Waals surface area contributed by atoms with Gasteiger partial charge in [-0.25, -0.2) is 14.8 Å². The van der Waals surface area contributed by atoms with Crippen molar-refractivity contribution in [3.63, 3.8) is 0 Å².